The van der Waals surface area contributed by atoms with Crippen LogP contribution < -0.4 is 10.1 Å². The summed E-state index contributed by atoms with van der Waals surface area (Å²) in [5, 5.41) is 23.3. The Morgan fingerprint density at radius 1 is 1.30 bits per heavy atom. The number of anilines is 1. The van der Waals surface area contributed by atoms with Crippen LogP contribution in [0.15, 0.2) is 42.5 Å². The molecule has 0 spiro atoms. The first-order valence-electron chi connectivity index (χ1n) is 5.94. The molecule has 0 aliphatic rings. The molecule has 6 heteroatoms. The summed E-state index contributed by atoms with van der Waals surface area (Å²) in [6.45, 7) is 0.470. The average Bonchev–Trinajstić information content (AvgIpc) is 2.46. The molecule has 2 aromatic rings. The minimum atomic E-state index is -0.436. The van der Waals surface area contributed by atoms with E-state index in [0.717, 1.165) is 5.56 Å². The number of nitrogens with zero attached hydrogens (tertiary/aromatic N) is 1. The van der Waals surface area contributed by atoms with Crippen LogP contribution in [0.5, 0.6) is 11.5 Å². The summed E-state index contributed by atoms with van der Waals surface area (Å²) in [6.07, 6.45) is 0. The van der Waals surface area contributed by atoms with Gasteiger partial charge in [-0.25, -0.2) is 0 Å². The van der Waals surface area contributed by atoms with Gasteiger partial charge in [-0.1, -0.05) is 12.1 Å². The number of benzene rings is 2. The molecule has 0 amide bonds. The highest BCUT2D eigenvalue weighted by atomic mass is 16.6. The van der Waals surface area contributed by atoms with Crippen molar-refractivity contribution in [3.05, 3.63) is 58.1 Å². The van der Waals surface area contributed by atoms with Crippen LogP contribution in [-0.4, -0.2) is 17.1 Å². The highest BCUT2D eigenvalue weighted by Gasteiger charge is 2.06. The van der Waals surface area contributed by atoms with Crippen LogP contribution in [0, 0.1) is 10.1 Å². The van der Waals surface area contributed by atoms with Gasteiger partial charge in [-0.2, -0.15) is 0 Å². The van der Waals surface area contributed by atoms with Crippen molar-refractivity contribution in [2.45, 2.75) is 6.54 Å². The van der Waals surface area contributed by atoms with Gasteiger partial charge in [-0.15, -0.1) is 0 Å². The zero-order valence-corrected chi connectivity index (χ0v) is 10.9. The summed E-state index contributed by atoms with van der Waals surface area (Å²) in [5.74, 6) is 0.468. The number of nitro benzene ring substituents is 1. The van der Waals surface area contributed by atoms with Crippen molar-refractivity contribution in [3.63, 3.8) is 0 Å². The number of methoxy groups -OCH3 is 1. The zero-order valence-electron chi connectivity index (χ0n) is 10.9. The Morgan fingerprint density at radius 3 is 2.80 bits per heavy atom. The summed E-state index contributed by atoms with van der Waals surface area (Å²) in [5.41, 5.74) is 1.59. The molecule has 104 valence electrons. The molecule has 2 rings (SSSR count). The molecule has 2 aromatic carbocycles. The Bertz CT molecular complexity index is 628. The van der Waals surface area contributed by atoms with E-state index in [9.17, 15) is 15.2 Å². The monoisotopic (exact) mass is 274 g/mol. The van der Waals surface area contributed by atoms with Crippen molar-refractivity contribution in [1.29, 1.82) is 0 Å². The highest BCUT2D eigenvalue weighted by molar-refractivity contribution is 5.51. The quantitative estimate of drug-likeness (QED) is 0.646. The summed E-state index contributed by atoms with van der Waals surface area (Å²) < 4.78 is 5.02. The highest BCUT2D eigenvalue weighted by Crippen LogP contribution is 2.26. The van der Waals surface area contributed by atoms with Crippen LogP contribution in [0.4, 0.5) is 11.4 Å². The summed E-state index contributed by atoms with van der Waals surface area (Å²) in [6, 6.07) is 11.3. The molecule has 0 aromatic heterocycles. The average molecular weight is 274 g/mol. The van der Waals surface area contributed by atoms with Crippen LogP contribution in [-0.2, 0) is 6.54 Å². The molecule has 0 aliphatic heterocycles. The Kier molecular flexibility index (Phi) is 4.05. The lowest BCUT2D eigenvalue weighted by molar-refractivity contribution is -0.384. The second kappa shape index (κ2) is 5.92. The third-order valence-electron chi connectivity index (χ3n) is 2.80. The van der Waals surface area contributed by atoms with E-state index in [4.69, 9.17) is 4.74 Å². The number of nitro groups is 1. The first-order valence-corrected chi connectivity index (χ1v) is 5.94. The molecule has 20 heavy (non-hydrogen) atoms. The van der Waals surface area contributed by atoms with Crippen LogP contribution in [0.25, 0.3) is 0 Å². The summed E-state index contributed by atoms with van der Waals surface area (Å²) >= 11 is 0. The topological polar surface area (TPSA) is 84.6 Å². The molecular weight excluding hydrogens is 260 g/mol. The van der Waals surface area contributed by atoms with Gasteiger partial charge < -0.3 is 15.2 Å². The molecule has 2 N–H and O–H groups in total. The molecule has 0 atom stereocenters. The van der Waals surface area contributed by atoms with Gasteiger partial charge in [0.15, 0.2) is 11.5 Å². The minimum Gasteiger partial charge on any atom is -0.504 e. The van der Waals surface area contributed by atoms with E-state index in [1.54, 1.807) is 30.3 Å². The lowest BCUT2D eigenvalue weighted by atomic mass is 10.2. The number of phenolic OH excluding ortho intramolecular Hbond substituents is 1. The van der Waals surface area contributed by atoms with Crippen molar-refractivity contribution < 1.29 is 14.8 Å². The lowest BCUT2D eigenvalue weighted by Gasteiger charge is -2.09. The van der Waals surface area contributed by atoms with Gasteiger partial charge in [0.2, 0.25) is 0 Å². The minimum absolute atomic E-state index is 0.0401. The second-order valence-corrected chi connectivity index (χ2v) is 4.17. The molecule has 0 saturated heterocycles. The molecule has 0 unspecified atom stereocenters. The standard InChI is InChI=1S/C14H14N2O4/c1-20-14-7-10(5-6-13(14)17)9-15-11-3-2-4-12(8-11)16(18)19/h2-8,15,17H,9H2,1H3. The van der Waals surface area contributed by atoms with Gasteiger partial charge in [-0.05, 0) is 23.8 Å². The largest absolute Gasteiger partial charge is 0.504 e. The van der Waals surface area contributed by atoms with Crippen molar-refractivity contribution in [1.82, 2.24) is 0 Å². The molecule has 0 saturated carbocycles. The first-order chi connectivity index (χ1) is 9.60. The third kappa shape index (κ3) is 3.17. The van der Waals surface area contributed by atoms with Crippen molar-refractivity contribution in [2.75, 3.05) is 12.4 Å². The normalized spacial score (nSPS) is 10.1. The molecule has 0 radical (unpaired) electrons. The second-order valence-electron chi connectivity index (χ2n) is 4.17. The van der Waals surface area contributed by atoms with E-state index in [2.05, 4.69) is 5.32 Å². The molecule has 0 heterocycles. The van der Waals surface area contributed by atoms with Gasteiger partial charge in [0.25, 0.3) is 5.69 Å². The maximum atomic E-state index is 10.7. The fourth-order valence-electron chi connectivity index (χ4n) is 1.77. The Balaban J connectivity index is 2.08. The van der Waals surface area contributed by atoms with Gasteiger partial charge in [-0.3, -0.25) is 10.1 Å². The number of phenols is 1. The van der Waals surface area contributed by atoms with E-state index in [0.29, 0.717) is 18.0 Å². The van der Waals surface area contributed by atoms with E-state index < -0.39 is 4.92 Å². The van der Waals surface area contributed by atoms with Gasteiger partial charge >= 0.3 is 0 Å². The van der Waals surface area contributed by atoms with E-state index in [1.807, 2.05) is 0 Å². The van der Waals surface area contributed by atoms with E-state index in [1.165, 1.54) is 19.2 Å². The van der Waals surface area contributed by atoms with Crippen LogP contribution in [0.3, 0.4) is 0 Å². The predicted molar refractivity (Wildman–Crippen MR) is 75.1 cm³/mol. The third-order valence-corrected chi connectivity index (χ3v) is 2.80. The van der Waals surface area contributed by atoms with Crippen LogP contribution >= 0.6 is 0 Å². The Labute approximate surface area is 115 Å². The first kappa shape index (κ1) is 13.7. The van der Waals surface area contributed by atoms with Gasteiger partial charge in [0, 0.05) is 24.4 Å². The Morgan fingerprint density at radius 2 is 2.10 bits per heavy atom. The van der Waals surface area contributed by atoms with Crippen LogP contribution in [0.2, 0.25) is 0 Å². The van der Waals surface area contributed by atoms with Crippen molar-refractivity contribution in [2.24, 2.45) is 0 Å². The number of non-ortho nitro benzene ring substituents is 1. The van der Waals surface area contributed by atoms with Gasteiger partial charge in [0.05, 0.1) is 12.0 Å². The summed E-state index contributed by atoms with van der Waals surface area (Å²) in [4.78, 5) is 10.2. The lowest BCUT2D eigenvalue weighted by Crippen LogP contribution is -2.00. The fraction of sp³-hybridized carbons (Fsp3) is 0.143. The zero-order chi connectivity index (χ0) is 14.5. The Hall–Kier alpha value is -2.76. The number of hydrogen-bond acceptors (Lipinski definition) is 5. The molecule has 0 aliphatic carbocycles. The summed E-state index contributed by atoms with van der Waals surface area (Å²) in [7, 11) is 1.48. The number of nitrogens with one attached hydrogen (secondary N) is 1. The maximum Gasteiger partial charge on any atom is 0.271 e. The van der Waals surface area contributed by atoms with E-state index >= 15 is 0 Å². The number of aromatic hydroxyl groups is 1. The molecule has 6 nitrogen and oxygen atoms in total. The number of hydrogen-bond donors (Lipinski definition) is 2. The molecule has 0 bridgehead atoms. The molecular formula is C14H14N2O4. The SMILES string of the molecule is COc1cc(CNc2cccc([N+](=O)[O-])c2)ccc1O. The number of rotatable bonds is 5. The predicted octanol–water partition coefficient (Wildman–Crippen LogP) is 2.92. The van der Waals surface area contributed by atoms with Crippen LogP contribution in [0.1, 0.15) is 5.56 Å². The van der Waals surface area contributed by atoms with Gasteiger partial charge in [0.1, 0.15) is 0 Å². The fourth-order valence-corrected chi connectivity index (χ4v) is 1.77. The van der Waals surface area contributed by atoms with E-state index in [-0.39, 0.29) is 11.4 Å². The smallest absolute Gasteiger partial charge is 0.271 e. The molecule has 0 fully saturated rings. The van der Waals surface area contributed by atoms with Crippen molar-refractivity contribution >= 4 is 11.4 Å². The van der Waals surface area contributed by atoms with Crippen molar-refractivity contribution in [3.8, 4) is 11.5 Å². The number of ether oxygens (including phenoxy) is 1. The maximum absolute atomic E-state index is 10.7.